The third kappa shape index (κ3) is 4.92. The molecule has 10 heteroatoms. The molecule has 2 N–H and O–H groups in total. The number of fused-ring (bicyclic) bond motifs is 1. The minimum Gasteiger partial charge on any atom is -0.273 e. The van der Waals surface area contributed by atoms with E-state index in [9.17, 15) is 18.0 Å². The molecule has 0 saturated carbocycles. The van der Waals surface area contributed by atoms with E-state index >= 15 is 0 Å². The summed E-state index contributed by atoms with van der Waals surface area (Å²) in [4.78, 5) is 29.0. The van der Waals surface area contributed by atoms with Gasteiger partial charge in [-0.15, -0.1) is 11.3 Å². The van der Waals surface area contributed by atoms with Crippen LogP contribution in [0, 0.1) is 0 Å². The van der Waals surface area contributed by atoms with Crippen LogP contribution in [0.15, 0.2) is 53.4 Å². The van der Waals surface area contributed by atoms with E-state index in [4.69, 9.17) is 0 Å². The molecule has 0 bridgehead atoms. The van der Waals surface area contributed by atoms with Crippen molar-refractivity contribution >= 4 is 43.4 Å². The Bertz CT molecular complexity index is 1170. The molecule has 4 rings (SSSR count). The number of amides is 2. The number of thiazole rings is 1. The van der Waals surface area contributed by atoms with Gasteiger partial charge in [0.1, 0.15) is 0 Å². The zero-order valence-corrected chi connectivity index (χ0v) is 18.3. The number of carbonyl (C=O) groups is 2. The van der Waals surface area contributed by atoms with E-state index in [1.54, 1.807) is 11.3 Å². The van der Waals surface area contributed by atoms with Crippen molar-refractivity contribution in [3.05, 3.63) is 59.1 Å². The third-order valence-electron chi connectivity index (χ3n) is 5.04. The average molecular weight is 459 g/mol. The van der Waals surface area contributed by atoms with E-state index < -0.39 is 15.9 Å². The van der Waals surface area contributed by atoms with Gasteiger partial charge < -0.3 is 0 Å². The first-order chi connectivity index (χ1) is 14.9. The summed E-state index contributed by atoms with van der Waals surface area (Å²) < 4.78 is 27.6. The first-order valence-corrected chi connectivity index (χ1v) is 12.2. The molecular formula is C21H22N4O4S2. The summed E-state index contributed by atoms with van der Waals surface area (Å²) in [6, 6.07) is 13.5. The van der Waals surface area contributed by atoms with Gasteiger partial charge >= 0.3 is 0 Å². The number of hydrogen-bond donors (Lipinski definition) is 2. The molecule has 1 fully saturated rings. The van der Waals surface area contributed by atoms with E-state index in [0.29, 0.717) is 19.5 Å². The summed E-state index contributed by atoms with van der Waals surface area (Å²) in [6.45, 7) is 1.04. The van der Waals surface area contributed by atoms with E-state index in [1.807, 2.05) is 24.3 Å². The summed E-state index contributed by atoms with van der Waals surface area (Å²) in [6.07, 6.45) is 2.38. The van der Waals surface area contributed by atoms with Gasteiger partial charge in [0.2, 0.25) is 15.9 Å². The second-order valence-electron chi connectivity index (χ2n) is 7.21. The van der Waals surface area contributed by atoms with Gasteiger partial charge in [0.05, 0.1) is 20.1 Å². The zero-order valence-electron chi connectivity index (χ0n) is 16.7. The Kier molecular flexibility index (Phi) is 6.30. The maximum absolute atomic E-state index is 12.5. The van der Waals surface area contributed by atoms with Crippen LogP contribution in [0.5, 0.6) is 0 Å². The van der Waals surface area contributed by atoms with Crippen LogP contribution in [-0.2, 0) is 21.2 Å². The molecule has 2 heterocycles. The lowest BCUT2D eigenvalue weighted by Crippen LogP contribution is -2.41. The van der Waals surface area contributed by atoms with Crippen molar-refractivity contribution in [2.45, 2.75) is 30.6 Å². The number of nitrogens with zero attached hydrogens (tertiary/aromatic N) is 2. The van der Waals surface area contributed by atoms with Crippen LogP contribution in [0.4, 0.5) is 0 Å². The molecule has 0 atom stereocenters. The number of para-hydroxylation sites is 1. The Morgan fingerprint density at radius 3 is 2.42 bits per heavy atom. The highest BCUT2D eigenvalue weighted by atomic mass is 32.2. The van der Waals surface area contributed by atoms with Crippen molar-refractivity contribution < 1.29 is 18.0 Å². The van der Waals surface area contributed by atoms with Gasteiger partial charge in [-0.3, -0.25) is 20.4 Å². The molecule has 162 valence electrons. The Morgan fingerprint density at radius 1 is 1.00 bits per heavy atom. The molecule has 1 aliphatic rings. The van der Waals surface area contributed by atoms with Gasteiger partial charge in [-0.25, -0.2) is 13.4 Å². The number of hydrazine groups is 1. The van der Waals surface area contributed by atoms with Crippen molar-refractivity contribution in [1.29, 1.82) is 0 Å². The van der Waals surface area contributed by atoms with Crippen LogP contribution in [0.2, 0.25) is 0 Å². The fraction of sp³-hybridized carbons (Fsp3) is 0.286. The van der Waals surface area contributed by atoms with E-state index in [2.05, 4.69) is 15.8 Å². The molecule has 1 aromatic heterocycles. The minimum absolute atomic E-state index is 0.158. The van der Waals surface area contributed by atoms with Crippen LogP contribution in [-0.4, -0.2) is 42.6 Å². The monoisotopic (exact) mass is 458 g/mol. The molecule has 0 radical (unpaired) electrons. The van der Waals surface area contributed by atoms with Gasteiger partial charge in [-0.05, 0) is 49.2 Å². The van der Waals surface area contributed by atoms with Crippen molar-refractivity contribution in [1.82, 2.24) is 20.1 Å². The van der Waals surface area contributed by atoms with Crippen LogP contribution in [0.1, 0.15) is 34.6 Å². The number of hydrogen-bond acceptors (Lipinski definition) is 6. The van der Waals surface area contributed by atoms with Crippen molar-refractivity contribution in [2.24, 2.45) is 0 Å². The molecule has 3 aromatic rings. The Labute approximate surface area is 184 Å². The minimum atomic E-state index is -3.52. The number of rotatable bonds is 6. The van der Waals surface area contributed by atoms with Crippen molar-refractivity contribution in [3.8, 4) is 0 Å². The number of benzene rings is 2. The molecule has 0 spiro atoms. The van der Waals surface area contributed by atoms with Gasteiger partial charge in [-0.2, -0.15) is 4.31 Å². The number of sulfonamides is 1. The number of carbonyl (C=O) groups excluding carboxylic acids is 2. The van der Waals surface area contributed by atoms with Gasteiger partial charge in [0, 0.05) is 31.5 Å². The normalized spacial score (nSPS) is 14.6. The number of nitrogens with one attached hydrogen (secondary N) is 2. The Morgan fingerprint density at radius 2 is 1.71 bits per heavy atom. The predicted octanol–water partition coefficient (Wildman–Crippen LogP) is 2.47. The molecule has 0 unspecified atom stereocenters. The molecule has 31 heavy (non-hydrogen) atoms. The maximum atomic E-state index is 12.5. The molecular weight excluding hydrogens is 436 g/mol. The van der Waals surface area contributed by atoms with Gasteiger partial charge in [-0.1, -0.05) is 12.1 Å². The van der Waals surface area contributed by atoms with Crippen LogP contribution < -0.4 is 10.9 Å². The Hall–Kier alpha value is -2.82. The van der Waals surface area contributed by atoms with Gasteiger partial charge in [0.25, 0.3) is 5.91 Å². The molecule has 1 aliphatic heterocycles. The van der Waals surface area contributed by atoms with Crippen LogP contribution >= 0.6 is 11.3 Å². The largest absolute Gasteiger partial charge is 0.273 e. The quantitative estimate of drug-likeness (QED) is 0.552. The van der Waals surface area contributed by atoms with Crippen LogP contribution in [0.25, 0.3) is 10.2 Å². The average Bonchev–Trinajstić information content (AvgIpc) is 3.46. The molecule has 0 aliphatic carbocycles. The predicted molar refractivity (Wildman–Crippen MR) is 118 cm³/mol. The second kappa shape index (κ2) is 9.13. The molecule has 1 saturated heterocycles. The highest BCUT2D eigenvalue weighted by molar-refractivity contribution is 7.89. The summed E-state index contributed by atoms with van der Waals surface area (Å²) in [5, 5.41) is 0.859. The molecule has 2 amide bonds. The molecule has 2 aromatic carbocycles. The lowest BCUT2D eigenvalue weighted by Gasteiger charge is -2.15. The van der Waals surface area contributed by atoms with Crippen LogP contribution in [0.3, 0.4) is 0 Å². The second-order valence-corrected chi connectivity index (χ2v) is 10.3. The standard InChI is InChI=1S/C21H22N4O4S2/c26-19(11-12-20-22-17-5-1-2-6-18(17)30-20)23-24-21(27)15-7-9-16(10-8-15)31(28,29)25-13-3-4-14-25/h1-2,5-10H,3-4,11-14H2,(H,23,26)(H,24,27). The third-order valence-corrected chi connectivity index (χ3v) is 8.05. The maximum Gasteiger partial charge on any atom is 0.269 e. The fourth-order valence-electron chi connectivity index (χ4n) is 3.36. The zero-order chi connectivity index (χ0) is 21.8. The Balaban J connectivity index is 1.28. The first kappa shape index (κ1) is 21.4. The lowest BCUT2D eigenvalue weighted by atomic mass is 10.2. The van der Waals surface area contributed by atoms with Crippen molar-refractivity contribution in [2.75, 3.05) is 13.1 Å². The summed E-state index contributed by atoms with van der Waals surface area (Å²) in [5.74, 6) is -0.848. The SMILES string of the molecule is O=C(CCc1nc2ccccc2s1)NNC(=O)c1ccc(S(=O)(=O)N2CCCC2)cc1. The number of aryl methyl sites for hydroxylation is 1. The number of aromatic nitrogens is 1. The van der Waals surface area contributed by atoms with E-state index in [-0.39, 0.29) is 22.8 Å². The van der Waals surface area contributed by atoms with Gasteiger partial charge in [0.15, 0.2) is 0 Å². The lowest BCUT2D eigenvalue weighted by molar-refractivity contribution is -0.121. The van der Waals surface area contributed by atoms with E-state index in [0.717, 1.165) is 28.1 Å². The highest BCUT2D eigenvalue weighted by Crippen LogP contribution is 2.23. The summed E-state index contributed by atoms with van der Waals surface area (Å²) in [5.41, 5.74) is 5.91. The van der Waals surface area contributed by atoms with E-state index in [1.165, 1.54) is 28.6 Å². The topological polar surface area (TPSA) is 108 Å². The fourth-order valence-corrected chi connectivity index (χ4v) is 5.85. The summed E-state index contributed by atoms with van der Waals surface area (Å²) >= 11 is 1.54. The van der Waals surface area contributed by atoms with Crippen molar-refractivity contribution in [3.63, 3.8) is 0 Å². The summed E-state index contributed by atoms with van der Waals surface area (Å²) in [7, 11) is -3.52. The molecule has 8 nitrogen and oxygen atoms in total. The first-order valence-electron chi connectivity index (χ1n) is 9.97. The smallest absolute Gasteiger partial charge is 0.269 e. The highest BCUT2D eigenvalue weighted by Gasteiger charge is 2.27.